The van der Waals surface area contributed by atoms with Gasteiger partial charge in [-0.2, -0.15) is 4.98 Å². The Hall–Kier alpha value is -1.82. The lowest BCUT2D eigenvalue weighted by atomic mass is 9.52. The van der Waals surface area contributed by atoms with E-state index in [9.17, 15) is 5.11 Å². The molecule has 134 valence electrons. The summed E-state index contributed by atoms with van der Waals surface area (Å²) in [4.78, 5) is 9.33. The first-order valence-electron chi connectivity index (χ1n) is 9.51. The predicted molar refractivity (Wildman–Crippen MR) is 96.0 cm³/mol. The topological polar surface area (TPSA) is 79.3 Å². The Morgan fingerprint density at radius 1 is 1.20 bits per heavy atom. The van der Waals surface area contributed by atoms with Crippen molar-refractivity contribution in [3.05, 3.63) is 17.8 Å². The van der Waals surface area contributed by atoms with Crippen LogP contribution in [0.4, 0.5) is 11.8 Å². The number of nitrogens with one attached hydrogen (secondary N) is 2. The molecule has 2 atom stereocenters. The number of hydrogen-bond acceptors (Lipinski definition) is 6. The van der Waals surface area contributed by atoms with E-state index in [-0.39, 0.29) is 0 Å². The van der Waals surface area contributed by atoms with Gasteiger partial charge in [-0.1, -0.05) is 0 Å². The van der Waals surface area contributed by atoms with Crippen LogP contribution >= 0.6 is 0 Å². The van der Waals surface area contributed by atoms with Gasteiger partial charge in [-0.15, -0.1) is 0 Å². The molecule has 0 aromatic carbocycles. The Morgan fingerprint density at radius 3 is 2.64 bits per heavy atom. The van der Waals surface area contributed by atoms with E-state index in [4.69, 9.17) is 9.72 Å². The molecule has 4 saturated carbocycles. The number of aromatic nitrogens is 2. The van der Waals surface area contributed by atoms with Crippen molar-refractivity contribution in [1.29, 1.82) is 0 Å². The zero-order valence-corrected chi connectivity index (χ0v) is 14.7. The lowest BCUT2D eigenvalue weighted by molar-refractivity contribution is -0.129. The van der Waals surface area contributed by atoms with Crippen molar-refractivity contribution >= 4 is 17.5 Å². The molecule has 0 saturated heterocycles. The van der Waals surface area contributed by atoms with Gasteiger partial charge in [0.15, 0.2) is 0 Å². The maximum Gasteiger partial charge on any atom is 0.225 e. The van der Waals surface area contributed by atoms with Crippen LogP contribution in [0.25, 0.3) is 5.76 Å². The van der Waals surface area contributed by atoms with Crippen molar-refractivity contribution < 1.29 is 9.84 Å². The number of hydrogen-bond donors (Lipinski definition) is 3. The molecule has 4 fully saturated rings. The Bertz CT molecular complexity index is 703. The summed E-state index contributed by atoms with van der Waals surface area (Å²) in [6.45, 7) is 0.726. The first kappa shape index (κ1) is 15.4. The van der Waals surface area contributed by atoms with Crippen molar-refractivity contribution in [3.8, 4) is 0 Å². The highest BCUT2D eigenvalue weighted by Gasteiger charge is 2.54. The summed E-state index contributed by atoms with van der Waals surface area (Å²) in [7, 11) is 1.87. The molecule has 1 aliphatic heterocycles. The number of aliphatic hydroxyl groups is 1. The molecule has 1 aromatic heterocycles. The van der Waals surface area contributed by atoms with Gasteiger partial charge in [0, 0.05) is 25.6 Å². The summed E-state index contributed by atoms with van der Waals surface area (Å²) < 4.78 is 5.67. The highest BCUT2D eigenvalue weighted by Crippen LogP contribution is 2.56. The zero-order chi connectivity index (χ0) is 17.0. The first-order valence-corrected chi connectivity index (χ1v) is 9.51. The van der Waals surface area contributed by atoms with E-state index in [2.05, 4.69) is 21.7 Å². The molecule has 6 nitrogen and oxygen atoms in total. The Morgan fingerprint density at radius 2 is 2.00 bits per heavy atom. The second kappa shape index (κ2) is 5.59. The quantitative estimate of drug-likeness (QED) is 0.781. The van der Waals surface area contributed by atoms with Crippen LogP contribution in [0.3, 0.4) is 0 Å². The molecule has 4 aliphatic carbocycles. The van der Waals surface area contributed by atoms with Crippen molar-refractivity contribution in [3.63, 3.8) is 0 Å². The van der Waals surface area contributed by atoms with Gasteiger partial charge in [-0.3, -0.25) is 0 Å². The van der Waals surface area contributed by atoms with E-state index in [0.717, 1.165) is 49.6 Å². The van der Waals surface area contributed by atoms with E-state index in [1.807, 2.05) is 13.1 Å². The summed E-state index contributed by atoms with van der Waals surface area (Å²) in [5.41, 5.74) is 0.428. The predicted octanol–water partition coefficient (Wildman–Crippen LogP) is 2.63. The maximum absolute atomic E-state index is 10.8. The molecule has 3 N–H and O–H groups in total. The van der Waals surface area contributed by atoms with Crippen LogP contribution in [-0.4, -0.2) is 40.4 Å². The van der Waals surface area contributed by atoms with Crippen LogP contribution in [0.1, 0.15) is 44.2 Å². The van der Waals surface area contributed by atoms with Crippen LogP contribution in [0.15, 0.2) is 12.1 Å². The Labute approximate surface area is 148 Å². The summed E-state index contributed by atoms with van der Waals surface area (Å²) in [6, 6.07) is 2.30. The molecule has 0 radical (unpaired) electrons. The molecule has 4 bridgehead atoms. The molecule has 25 heavy (non-hydrogen) atoms. The maximum atomic E-state index is 10.8. The molecule has 0 spiro atoms. The molecule has 2 heterocycles. The fourth-order valence-corrected chi connectivity index (χ4v) is 5.73. The minimum Gasteiger partial charge on any atom is -0.491 e. The van der Waals surface area contributed by atoms with Crippen molar-refractivity contribution in [2.45, 2.75) is 50.2 Å². The van der Waals surface area contributed by atoms with Crippen molar-refractivity contribution in [2.24, 2.45) is 17.8 Å². The van der Waals surface area contributed by atoms with E-state index in [1.165, 1.54) is 12.8 Å². The summed E-state index contributed by atoms with van der Waals surface area (Å²) in [6.07, 6.45) is 8.32. The van der Waals surface area contributed by atoms with Gasteiger partial charge >= 0.3 is 0 Å². The Kier molecular flexibility index (Phi) is 3.45. The van der Waals surface area contributed by atoms with Gasteiger partial charge in [0.2, 0.25) is 5.95 Å². The average molecular weight is 342 g/mol. The normalized spacial score (nSPS) is 38.4. The van der Waals surface area contributed by atoms with Gasteiger partial charge in [0.05, 0.1) is 12.2 Å². The van der Waals surface area contributed by atoms with E-state index >= 15 is 0 Å². The molecule has 1 aromatic rings. The van der Waals surface area contributed by atoms with Gasteiger partial charge in [0.1, 0.15) is 17.3 Å². The van der Waals surface area contributed by atoms with Gasteiger partial charge in [-0.25, -0.2) is 4.98 Å². The zero-order valence-electron chi connectivity index (χ0n) is 14.7. The number of ether oxygens (including phenoxy) is 1. The summed E-state index contributed by atoms with van der Waals surface area (Å²) >= 11 is 0. The SMILES string of the molecule is CNc1cc(C2=CCCO2)nc(NC2C3CC4CC2CC(O)(C4)C3)n1. The van der Waals surface area contributed by atoms with Crippen LogP contribution < -0.4 is 10.6 Å². The van der Waals surface area contributed by atoms with E-state index in [1.54, 1.807) is 0 Å². The highest BCUT2D eigenvalue weighted by atomic mass is 16.5. The van der Waals surface area contributed by atoms with Crippen molar-refractivity contribution in [2.75, 3.05) is 24.3 Å². The molecular formula is C19H26N4O2. The molecule has 2 unspecified atom stereocenters. The largest absolute Gasteiger partial charge is 0.491 e. The minimum atomic E-state index is -0.407. The van der Waals surface area contributed by atoms with Crippen LogP contribution in [-0.2, 0) is 4.74 Å². The number of anilines is 2. The lowest BCUT2D eigenvalue weighted by Gasteiger charge is -2.58. The minimum absolute atomic E-state index is 0.371. The molecule has 6 rings (SSSR count). The standard InChI is InChI=1S/C19H26N4O2/c1-20-16-7-14(15-3-2-4-25-15)21-18(22-16)23-17-12-5-11-6-13(17)10-19(24,8-11)9-12/h3,7,11-13,17,24H,2,4-6,8-10H2,1H3,(H2,20,21,22,23). The van der Waals surface area contributed by atoms with E-state index < -0.39 is 5.60 Å². The third kappa shape index (κ3) is 2.67. The van der Waals surface area contributed by atoms with E-state index in [0.29, 0.717) is 29.7 Å². The Balaban J connectivity index is 1.41. The third-order valence-corrected chi connectivity index (χ3v) is 6.48. The average Bonchev–Trinajstić information content (AvgIpc) is 3.11. The van der Waals surface area contributed by atoms with Gasteiger partial charge in [-0.05, 0) is 55.9 Å². The molecule has 0 amide bonds. The van der Waals surface area contributed by atoms with Gasteiger partial charge in [0.25, 0.3) is 0 Å². The smallest absolute Gasteiger partial charge is 0.225 e. The third-order valence-electron chi connectivity index (χ3n) is 6.48. The lowest BCUT2D eigenvalue weighted by Crippen LogP contribution is -2.59. The summed E-state index contributed by atoms with van der Waals surface area (Å²) in [5, 5.41) is 17.5. The molecule has 6 heteroatoms. The number of rotatable bonds is 4. The van der Waals surface area contributed by atoms with Crippen LogP contribution in [0, 0.1) is 17.8 Å². The second-order valence-corrected chi connectivity index (χ2v) is 8.28. The van der Waals surface area contributed by atoms with Crippen LogP contribution in [0.2, 0.25) is 0 Å². The molecule has 5 aliphatic rings. The fourth-order valence-electron chi connectivity index (χ4n) is 5.73. The summed E-state index contributed by atoms with van der Waals surface area (Å²) in [5.74, 6) is 4.08. The van der Waals surface area contributed by atoms with Crippen LogP contribution in [0.5, 0.6) is 0 Å². The first-order chi connectivity index (χ1) is 12.1. The van der Waals surface area contributed by atoms with Crippen molar-refractivity contribution in [1.82, 2.24) is 9.97 Å². The fraction of sp³-hybridized carbons (Fsp3) is 0.684. The monoisotopic (exact) mass is 342 g/mol. The molecular weight excluding hydrogens is 316 g/mol. The van der Waals surface area contributed by atoms with Gasteiger partial charge < -0.3 is 20.5 Å². The number of nitrogens with zero attached hydrogens (tertiary/aromatic N) is 2. The second-order valence-electron chi connectivity index (χ2n) is 8.28. The highest BCUT2D eigenvalue weighted by molar-refractivity contribution is 5.62.